The molecule has 0 spiro atoms. The third kappa shape index (κ3) is 11.6. The lowest BCUT2D eigenvalue weighted by Crippen LogP contribution is -2.78. The maximum atomic E-state index is 17.3. The molecule has 0 radical (unpaired) electrons. The van der Waals surface area contributed by atoms with E-state index < -0.39 is 314 Å². The number of hydrogen-bond acceptors (Lipinski definition) is 0. The molecule has 37 heteroatoms. The second kappa shape index (κ2) is 26.2. The van der Waals surface area contributed by atoms with Crippen LogP contribution in [0.1, 0.15) is 51.9 Å². The third-order valence-electron chi connectivity index (χ3n) is 15.4. The molecule has 0 nitrogen and oxygen atoms in total. The number of halogens is 35. The van der Waals surface area contributed by atoms with E-state index in [1.807, 2.05) is 0 Å². The molecule has 0 heterocycles. The predicted octanol–water partition coefficient (Wildman–Crippen LogP) is 18.5. The molecule has 2 unspecified atom stereocenters. The highest BCUT2D eigenvalue weighted by atomic mass is 31.1. The molecule has 0 bridgehead atoms. The quantitative estimate of drug-likeness (QED) is 0.0240. The molecule has 0 amide bonds. The van der Waals surface area contributed by atoms with Crippen molar-refractivity contribution in [3.05, 3.63) is 193 Å². The molecule has 0 aliphatic heterocycles. The monoisotopic (exact) mass is 1430 g/mol. The molecule has 9 aromatic rings. The molecule has 510 valence electrons. The zero-order valence-electron chi connectivity index (χ0n) is 45.8. The van der Waals surface area contributed by atoms with Crippen LogP contribution in [0.15, 0.2) is 24.3 Å². The molecule has 0 aromatic heterocycles. The van der Waals surface area contributed by atoms with Gasteiger partial charge in [-0.3, -0.25) is 0 Å². The van der Waals surface area contributed by atoms with Crippen LogP contribution in [0, 0.1) is 169 Å². The molecule has 0 saturated carbocycles. The molecular weight excluding hydrogens is 1400 g/mol. The lowest BCUT2D eigenvalue weighted by Gasteiger charge is -2.47. The number of unbranched alkanes of at least 4 members (excludes halogenated alkanes) is 3. The molecule has 9 aromatic carbocycles. The lowest BCUT2D eigenvalue weighted by molar-refractivity contribution is -0.135. The first-order chi connectivity index (χ1) is 44.0. The van der Waals surface area contributed by atoms with Crippen molar-refractivity contribution < 1.29 is 154 Å². The second-order valence-corrected chi connectivity index (χ2v) is 23.4. The number of fused-ring (bicyclic) bond motifs is 4. The van der Waals surface area contributed by atoms with Crippen LogP contribution in [0.2, 0.25) is 0 Å². The Balaban J connectivity index is 0.000000324. The fourth-order valence-electron chi connectivity index (χ4n) is 11.4. The van der Waals surface area contributed by atoms with Crippen LogP contribution in [0.4, 0.5) is 154 Å². The van der Waals surface area contributed by atoms with Crippen LogP contribution in [0.3, 0.4) is 0 Å². The Bertz CT molecular complexity index is 4150. The van der Waals surface area contributed by atoms with Crippen molar-refractivity contribution in [3.8, 4) is 0 Å². The Hall–Kier alpha value is -7.94. The summed E-state index contributed by atoms with van der Waals surface area (Å²) in [7, 11) is -3.89. The van der Waals surface area contributed by atoms with Crippen molar-refractivity contribution in [2.45, 2.75) is 69.9 Å². The van der Waals surface area contributed by atoms with E-state index in [2.05, 4.69) is 0 Å². The highest BCUT2D eigenvalue weighted by molar-refractivity contribution is 7.66. The molecule has 0 fully saturated rings. The van der Waals surface area contributed by atoms with E-state index in [0.29, 0.717) is 0 Å². The molecule has 2 atom stereocenters. The number of alkyl halides is 6. The summed E-state index contributed by atoms with van der Waals surface area (Å²) < 4.78 is 527. The van der Waals surface area contributed by atoms with Crippen LogP contribution in [-0.2, 0) is 0 Å². The van der Waals surface area contributed by atoms with Crippen LogP contribution in [0.5, 0.6) is 0 Å². The largest absolute Gasteiger partial charge is 0.389 e. The van der Waals surface area contributed by atoms with E-state index in [1.165, 1.54) is 6.92 Å². The van der Waals surface area contributed by atoms with Crippen LogP contribution in [0.25, 0.3) is 43.1 Å². The maximum Gasteiger partial charge on any atom is 0.389 e. The van der Waals surface area contributed by atoms with Crippen LogP contribution < -0.4 is 27.2 Å². The first-order valence-electron chi connectivity index (χ1n) is 26.2. The molecule has 0 aliphatic carbocycles. The topological polar surface area (TPSA) is 0 Å². The summed E-state index contributed by atoms with van der Waals surface area (Å²) in [6.45, 7) is 1.33. The van der Waals surface area contributed by atoms with Gasteiger partial charge in [0.2, 0.25) is 35.3 Å². The van der Waals surface area contributed by atoms with E-state index in [1.54, 1.807) is 0 Å². The fourth-order valence-corrected chi connectivity index (χ4v) is 14.1. The van der Waals surface area contributed by atoms with Crippen LogP contribution in [-0.4, -0.2) is 30.3 Å². The summed E-state index contributed by atoms with van der Waals surface area (Å²) >= 11 is 0. The third-order valence-corrected chi connectivity index (χ3v) is 18.5. The summed E-state index contributed by atoms with van der Waals surface area (Å²) in [5.74, 6) is -87.9. The SMILES string of the molecule is CCC[PH+](c1c(F)c(F)c(F)c(F)c1F)C(F)(F)C(F)CCCCCCC(F)(F)F.Fc1cc2c([B-](c3c(F)c(F)c(F)c4c(F)c(F)c(F)cc34)(c3c(F)c(F)c(F)c4c(F)c(F)c(F)cc34)c3c(F)c(F)c(F)c4c(F)c(F)c(F)cc34)c(F)c(F)c(F)c2c(F)c1F. The van der Waals surface area contributed by atoms with Gasteiger partial charge in [0.05, 0.1) is 27.7 Å². The smallest absolute Gasteiger partial charge is 0.236 e. The van der Waals surface area contributed by atoms with E-state index in [9.17, 15) is 65.9 Å². The minimum atomic E-state index is -7.01. The van der Waals surface area contributed by atoms with Gasteiger partial charge in [-0.25, -0.2) is 123 Å². The molecule has 9 rings (SSSR count). The maximum absolute atomic E-state index is 17.3. The van der Waals surface area contributed by atoms with Gasteiger partial charge in [0, 0.05) is 6.42 Å². The van der Waals surface area contributed by atoms with E-state index in [-0.39, 0.29) is 32.1 Å². The summed E-state index contributed by atoms with van der Waals surface area (Å²) in [5, 5.41) is -22.2. The Morgan fingerprint density at radius 1 is 0.316 bits per heavy atom. The van der Waals surface area contributed by atoms with Gasteiger partial charge < -0.3 is 0 Å². The second-order valence-electron chi connectivity index (χ2n) is 20.8. The molecule has 0 N–H and O–H groups in total. The standard InChI is InChI=1S/C40H4BF24.C18H20F11P/c42-9-1-5-13(25(50)21(9)46)29(54)37(62)33(58)17(5)41(18-6-2-10(43)22(47)26(51)14(6)30(55)38(63)34(18)59,19-7-3-11(44)23(48)27(52)15(7)31(56)39(64)35(19)60)20-8-4-12(45)24(49)28(53)16(8)32(57)40(65)36(20)61;1-2-9-30(16-14(23)12(21)11(20)13(22)15(16)24)18(28,29)10(19)7-5-3-4-6-8-17(25,26)27/h1-4H;10H,2-9H2,1H3/q-1;/p+1. The Morgan fingerprint density at radius 2 is 0.558 bits per heavy atom. The highest BCUT2D eigenvalue weighted by Gasteiger charge is 2.58. The predicted molar refractivity (Wildman–Crippen MR) is 272 cm³/mol. The zero-order chi connectivity index (χ0) is 71.4. The first-order valence-corrected chi connectivity index (χ1v) is 27.9. The normalized spacial score (nSPS) is 13.1. The van der Waals surface area contributed by atoms with Gasteiger partial charge in [0.1, 0.15) is 37.3 Å². The van der Waals surface area contributed by atoms with Crippen molar-refractivity contribution >= 4 is 84.3 Å². The van der Waals surface area contributed by atoms with Crippen molar-refractivity contribution in [1.82, 2.24) is 0 Å². The number of hydrogen-bond donors (Lipinski definition) is 0. The van der Waals surface area contributed by atoms with Gasteiger partial charge in [-0.05, 0) is 65.1 Å². The van der Waals surface area contributed by atoms with Gasteiger partial charge in [-0.1, -0.05) is 26.2 Å². The van der Waals surface area contributed by atoms with E-state index >= 15 is 87.8 Å². The Kier molecular flexibility index (Phi) is 20.1. The summed E-state index contributed by atoms with van der Waals surface area (Å²) in [5.41, 5.74) is -16.5. The minimum absolute atomic E-state index is 0.0161. The van der Waals surface area contributed by atoms with Gasteiger partial charge in [0.15, 0.2) is 122 Å². The van der Waals surface area contributed by atoms with Gasteiger partial charge in [0.25, 0.3) is 0 Å². The highest BCUT2D eigenvalue weighted by Crippen LogP contribution is 2.56. The summed E-state index contributed by atoms with van der Waals surface area (Å²) in [6.07, 6.45) is -17.4. The average Bonchev–Trinajstić information content (AvgIpc) is 0.668. The first kappa shape index (κ1) is 72.9. The fraction of sp³-hybridized carbons (Fsp3) is 0.207. The molecule has 0 saturated heterocycles. The number of benzene rings is 9. The van der Waals surface area contributed by atoms with Crippen molar-refractivity contribution in [2.24, 2.45) is 0 Å². The number of rotatable bonds is 15. The van der Waals surface area contributed by atoms with Crippen LogP contribution >= 0.6 is 7.92 Å². The average molecular weight is 1430 g/mol. The molecular formula is C58H25BF35P. The van der Waals surface area contributed by atoms with Gasteiger partial charge >= 0.3 is 11.8 Å². The van der Waals surface area contributed by atoms with Crippen molar-refractivity contribution in [3.63, 3.8) is 0 Å². The summed E-state index contributed by atoms with van der Waals surface area (Å²) in [4.78, 5) is 0. The van der Waals surface area contributed by atoms with Crippen molar-refractivity contribution in [1.29, 1.82) is 0 Å². The van der Waals surface area contributed by atoms with Gasteiger partial charge in [-0.2, -0.15) is 30.7 Å². The Labute approximate surface area is 506 Å². The van der Waals surface area contributed by atoms with E-state index in [4.69, 9.17) is 0 Å². The molecule has 0 aliphatic rings. The van der Waals surface area contributed by atoms with Gasteiger partial charge in [-0.15, -0.1) is 21.9 Å². The zero-order valence-corrected chi connectivity index (χ0v) is 46.8. The Morgan fingerprint density at radius 3 is 0.821 bits per heavy atom. The minimum Gasteiger partial charge on any atom is -0.236 e. The van der Waals surface area contributed by atoms with Crippen molar-refractivity contribution in [2.75, 3.05) is 6.16 Å². The molecule has 95 heavy (non-hydrogen) atoms. The summed E-state index contributed by atoms with van der Waals surface area (Å²) in [6, 6.07) is -3.25. The lowest BCUT2D eigenvalue weighted by atomic mass is 9.11. The van der Waals surface area contributed by atoms with E-state index in [0.717, 1.165) is 0 Å².